The van der Waals surface area contributed by atoms with Gasteiger partial charge in [0.2, 0.25) is 11.8 Å². The summed E-state index contributed by atoms with van der Waals surface area (Å²) in [4.78, 5) is 29.8. The lowest BCUT2D eigenvalue weighted by Gasteiger charge is -2.34. The fourth-order valence-electron chi connectivity index (χ4n) is 5.09. The minimum atomic E-state index is -4.33. The Hall–Kier alpha value is -4.70. The molecule has 0 bridgehead atoms. The maximum atomic E-state index is 14.5. The summed E-state index contributed by atoms with van der Waals surface area (Å²) >= 11 is 0. The Labute approximate surface area is 277 Å². The number of ether oxygens (including phenoxy) is 1. The van der Waals surface area contributed by atoms with Crippen molar-refractivity contribution in [3.63, 3.8) is 0 Å². The molecule has 248 valence electrons. The highest BCUT2D eigenvalue weighted by molar-refractivity contribution is 7.92. The second-order valence-electron chi connectivity index (χ2n) is 11.7. The molecule has 0 aliphatic carbocycles. The van der Waals surface area contributed by atoms with E-state index in [9.17, 15) is 22.4 Å². The number of carbonyl (C=O) groups is 2. The average Bonchev–Trinajstić information content (AvgIpc) is 3.06. The van der Waals surface area contributed by atoms with Crippen molar-refractivity contribution in [2.75, 3.05) is 24.0 Å². The first kappa shape index (κ1) is 35.2. The van der Waals surface area contributed by atoms with Gasteiger partial charge in [0.05, 0.1) is 17.2 Å². The van der Waals surface area contributed by atoms with Crippen LogP contribution in [-0.4, -0.2) is 50.9 Å². The molecule has 0 spiro atoms. The first-order valence-corrected chi connectivity index (χ1v) is 17.1. The summed E-state index contributed by atoms with van der Waals surface area (Å²) in [5.74, 6) is -0.814. The molecule has 8 nitrogen and oxygen atoms in total. The van der Waals surface area contributed by atoms with Crippen LogP contribution in [0.25, 0.3) is 0 Å². The van der Waals surface area contributed by atoms with E-state index in [0.717, 1.165) is 33.1 Å². The van der Waals surface area contributed by atoms with Crippen molar-refractivity contribution >= 4 is 27.5 Å². The number of hydrogen-bond donors (Lipinski definition) is 1. The SMILES string of the molecule is CCOc1ccc(S(=O)(=O)N(CC(=O)N(Cc2ccccc2C)C(Cc2ccccc2)C(=O)NCC(C)C)c2ccc(F)cc2)cc1. The number of amides is 2. The van der Waals surface area contributed by atoms with E-state index in [4.69, 9.17) is 4.74 Å². The minimum Gasteiger partial charge on any atom is -0.494 e. The Bertz CT molecular complexity index is 1730. The van der Waals surface area contributed by atoms with Crippen molar-refractivity contribution in [3.05, 3.63) is 126 Å². The lowest BCUT2D eigenvalue weighted by atomic mass is 10.0. The minimum absolute atomic E-state index is 0.0679. The van der Waals surface area contributed by atoms with Crippen LogP contribution in [0.1, 0.15) is 37.5 Å². The van der Waals surface area contributed by atoms with Gasteiger partial charge in [0, 0.05) is 19.5 Å². The topological polar surface area (TPSA) is 96.0 Å². The van der Waals surface area contributed by atoms with Gasteiger partial charge in [-0.25, -0.2) is 12.8 Å². The van der Waals surface area contributed by atoms with Crippen LogP contribution in [0.3, 0.4) is 0 Å². The Morgan fingerprint density at radius 3 is 2.13 bits per heavy atom. The summed E-state index contributed by atoms with van der Waals surface area (Å²) in [7, 11) is -4.33. The van der Waals surface area contributed by atoms with Crippen molar-refractivity contribution in [2.24, 2.45) is 5.92 Å². The highest BCUT2D eigenvalue weighted by Gasteiger charge is 2.35. The van der Waals surface area contributed by atoms with E-state index in [1.807, 2.05) is 82.3 Å². The molecule has 4 aromatic carbocycles. The van der Waals surface area contributed by atoms with Crippen LogP contribution in [0.15, 0.2) is 108 Å². The third kappa shape index (κ3) is 9.42. The van der Waals surface area contributed by atoms with Crippen molar-refractivity contribution in [1.82, 2.24) is 10.2 Å². The number of rotatable bonds is 15. The molecule has 2 amide bonds. The summed E-state index contributed by atoms with van der Waals surface area (Å²) < 4.78 is 48.8. The van der Waals surface area contributed by atoms with Gasteiger partial charge in [-0.1, -0.05) is 68.4 Å². The molecule has 4 rings (SSSR count). The average molecular weight is 660 g/mol. The summed E-state index contributed by atoms with van der Waals surface area (Å²) in [5.41, 5.74) is 2.69. The van der Waals surface area contributed by atoms with Crippen molar-refractivity contribution < 1.29 is 27.1 Å². The number of nitrogens with one attached hydrogen (secondary N) is 1. The standard InChI is InChI=1S/C37H42FN3O5S/c1-5-46-33-19-21-34(22-20-33)47(44,45)41(32-17-15-31(38)16-18-32)26-36(42)40(25-30-14-10-9-11-28(30)4)35(37(43)39-24-27(2)3)23-29-12-7-6-8-13-29/h6-22,27,35H,5,23-26H2,1-4H3,(H,39,43). The molecule has 0 saturated heterocycles. The molecule has 1 atom stereocenters. The third-order valence-electron chi connectivity index (χ3n) is 7.67. The fraction of sp³-hybridized carbons (Fsp3) is 0.297. The molecule has 10 heteroatoms. The van der Waals surface area contributed by atoms with Gasteiger partial charge >= 0.3 is 0 Å². The van der Waals surface area contributed by atoms with Gasteiger partial charge in [-0.3, -0.25) is 13.9 Å². The van der Waals surface area contributed by atoms with E-state index < -0.39 is 34.3 Å². The zero-order valence-electron chi connectivity index (χ0n) is 27.2. The number of nitrogens with zero attached hydrogens (tertiary/aromatic N) is 2. The zero-order valence-corrected chi connectivity index (χ0v) is 28.0. The van der Waals surface area contributed by atoms with Gasteiger partial charge in [0.1, 0.15) is 24.2 Å². The first-order chi connectivity index (χ1) is 22.5. The second kappa shape index (κ2) is 16.2. The Morgan fingerprint density at radius 2 is 1.51 bits per heavy atom. The molecular formula is C37H42FN3O5S. The molecule has 1 unspecified atom stereocenters. The van der Waals surface area contributed by atoms with Crippen LogP contribution in [0.4, 0.5) is 10.1 Å². The lowest BCUT2D eigenvalue weighted by Crippen LogP contribution is -2.53. The van der Waals surface area contributed by atoms with Crippen LogP contribution < -0.4 is 14.4 Å². The highest BCUT2D eigenvalue weighted by atomic mass is 32.2. The zero-order chi connectivity index (χ0) is 34.0. The van der Waals surface area contributed by atoms with E-state index in [1.165, 1.54) is 29.2 Å². The van der Waals surface area contributed by atoms with Crippen LogP contribution in [-0.2, 0) is 32.6 Å². The van der Waals surface area contributed by atoms with Crippen molar-refractivity contribution in [1.29, 1.82) is 0 Å². The molecule has 1 N–H and O–H groups in total. The second-order valence-corrected chi connectivity index (χ2v) is 13.5. The third-order valence-corrected chi connectivity index (χ3v) is 9.46. The molecule has 4 aromatic rings. The molecule has 0 radical (unpaired) electrons. The smallest absolute Gasteiger partial charge is 0.264 e. The van der Waals surface area contributed by atoms with E-state index in [0.29, 0.717) is 18.9 Å². The summed E-state index contributed by atoms with van der Waals surface area (Å²) in [6.07, 6.45) is 0.213. The number of anilines is 1. The normalized spacial score (nSPS) is 12.0. The molecule has 0 fully saturated rings. The number of sulfonamides is 1. The van der Waals surface area contributed by atoms with Crippen LogP contribution >= 0.6 is 0 Å². The molecule has 0 aliphatic rings. The Kier molecular flexibility index (Phi) is 12.1. The number of halogens is 1. The van der Waals surface area contributed by atoms with E-state index in [2.05, 4.69) is 5.32 Å². The molecule has 0 heterocycles. The molecule has 47 heavy (non-hydrogen) atoms. The van der Waals surface area contributed by atoms with Gasteiger partial charge in [-0.15, -0.1) is 0 Å². The predicted molar refractivity (Wildman–Crippen MR) is 182 cm³/mol. The van der Waals surface area contributed by atoms with E-state index >= 15 is 0 Å². The largest absolute Gasteiger partial charge is 0.494 e. The first-order valence-electron chi connectivity index (χ1n) is 15.7. The predicted octanol–water partition coefficient (Wildman–Crippen LogP) is 6.14. The van der Waals surface area contributed by atoms with E-state index in [-0.39, 0.29) is 35.4 Å². The molecule has 0 saturated carbocycles. The van der Waals surface area contributed by atoms with Crippen molar-refractivity contribution in [2.45, 2.75) is 51.6 Å². The van der Waals surface area contributed by atoms with Gasteiger partial charge in [0.15, 0.2) is 0 Å². The number of carbonyl (C=O) groups excluding carboxylic acids is 2. The monoisotopic (exact) mass is 659 g/mol. The summed E-state index contributed by atoms with van der Waals surface area (Å²) in [6.45, 7) is 7.96. The number of aryl methyl sites for hydroxylation is 1. The quantitative estimate of drug-likeness (QED) is 0.166. The molecule has 0 aliphatic heterocycles. The van der Waals surface area contributed by atoms with Crippen molar-refractivity contribution in [3.8, 4) is 5.75 Å². The van der Waals surface area contributed by atoms with Gasteiger partial charge < -0.3 is 15.0 Å². The lowest BCUT2D eigenvalue weighted by molar-refractivity contribution is -0.140. The Balaban J connectivity index is 1.79. The van der Waals surface area contributed by atoms with E-state index in [1.54, 1.807) is 12.1 Å². The van der Waals surface area contributed by atoms with Crippen LogP contribution in [0.2, 0.25) is 0 Å². The number of hydrogen-bond acceptors (Lipinski definition) is 5. The maximum Gasteiger partial charge on any atom is 0.264 e. The summed E-state index contributed by atoms with van der Waals surface area (Å²) in [6, 6.07) is 26.8. The van der Waals surface area contributed by atoms with Gasteiger partial charge in [-0.05, 0) is 85.0 Å². The number of benzene rings is 4. The molecule has 0 aromatic heterocycles. The highest BCUT2D eigenvalue weighted by Crippen LogP contribution is 2.27. The Morgan fingerprint density at radius 1 is 0.872 bits per heavy atom. The van der Waals surface area contributed by atoms with Crippen LogP contribution in [0.5, 0.6) is 5.75 Å². The summed E-state index contributed by atoms with van der Waals surface area (Å²) in [5, 5.41) is 2.98. The van der Waals surface area contributed by atoms with Gasteiger partial charge in [-0.2, -0.15) is 0 Å². The van der Waals surface area contributed by atoms with Gasteiger partial charge in [0.25, 0.3) is 10.0 Å². The maximum absolute atomic E-state index is 14.5. The van der Waals surface area contributed by atoms with Crippen LogP contribution in [0, 0.1) is 18.7 Å². The molecular weight excluding hydrogens is 617 g/mol. The fourth-order valence-corrected chi connectivity index (χ4v) is 6.50.